The average Bonchev–Trinajstić information content (AvgIpc) is 2.78. The molecule has 0 aliphatic rings. The van der Waals surface area contributed by atoms with Crippen molar-refractivity contribution in [2.75, 3.05) is 13.7 Å². The molecule has 0 aromatic heterocycles. The molecular formula is C25H37N3O6. The van der Waals surface area contributed by atoms with Crippen LogP contribution in [0.25, 0.3) is 6.08 Å². The predicted molar refractivity (Wildman–Crippen MR) is 130 cm³/mol. The minimum atomic E-state index is -1.06. The van der Waals surface area contributed by atoms with Gasteiger partial charge in [0.25, 0.3) is 0 Å². The van der Waals surface area contributed by atoms with Crippen molar-refractivity contribution in [2.24, 2.45) is 0 Å². The molecule has 0 spiro atoms. The summed E-state index contributed by atoms with van der Waals surface area (Å²) in [6, 6.07) is 4.67. The smallest absolute Gasteiger partial charge is 0.408 e. The predicted octanol–water partition coefficient (Wildman–Crippen LogP) is 3.20. The van der Waals surface area contributed by atoms with E-state index in [9.17, 15) is 19.2 Å². The molecule has 0 bridgehead atoms. The summed E-state index contributed by atoms with van der Waals surface area (Å²) in [6.45, 7) is 13.8. The van der Waals surface area contributed by atoms with Gasteiger partial charge in [0.2, 0.25) is 11.8 Å². The molecule has 0 saturated carbocycles. The summed E-state index contributed by atoms with van der Waals surface area (Å²) in [5, 5.41) is 5.10. The van der Waals surface area contributed by atoms with E-state index in [1.807, 2.05) is 19.9 Å². The zero-order chi connectivity index (χ0) is 26.1. The summed E-state index contributed by atoms with van der Waals surface area (Å²) in [4.78, 5) is 52.2. The normalized spacial score (nSPS) is 13.6. The van der Waals surface area contributed by atoms with Gasteiger partial charge in [-0.2, -0.15) is 0 Å². The van der Waals surface area contributed by atoms with Crippen molar-refractivity contribution >= 4 is 30.0 Å². The van der Waals surface area contributed by atoms with Crippen LogP contribution in [0.2, 0.25) is 0 Å². The number of nitrogens with one attached hydrogen (secondary N) is 2. The minimum absolute atomic E-state index is 0.346. The van der Waals surface area contributed by atoms with Crippen LogP contribution >= 0.6 is 0 Å². The molecule has 0 heterocycles. The van der Waals surface area contributed by atoms with Gasteiger partial charge in [0, 0.05) is 6.04 Å². The Labute approximate surface area is 201 Å². The Morgan fingerprint density at radius 1 is 1.18 bits per heavy atom. The number of carbonyl (C=O) groups is 4. The molecule has 0 fully saturated rings. The number of ether oxygens (including phenoxy) is 2. The average molecular weight is 476 g/mol. The number of hydrogen-bond donors (Lipinski definition) is 2. The second-order valence-electron chi connectivity index (χ2n) is 8.94. The summed E-state index contributed by atoms with van der Waals surface area (Å²) in [5.74, 6) is -1.64. The van der Waals surface area contributed by atoms with Gasteiger partial charge in [-0.15, -0.1) is 0 Å². The Kier molecular flexibility index (Phi) is 10.8. The van der Waals surface area contributed by atoms with Crippen molar-refractivity contribution in [3.8, 4) is 0 Å². The minimum Gasteiger partial charge on any atom is -0.468 e. The first-order valence-electron chi connectivity index (χ1n) is 11.2. The maximum atomic E-state index is 13.6. The van der Waals surface area contributed by atoms with Gasteiger partial charge >= 0.3 is 12.1 Å². The molecule has 1 aromatic carbocycles. The van der Waals surface area contributed by atoms with Crippen LogP contribution in [0.3, 0.4) is 0 Å². The van der Waals surface area contributed by atoms with Crippen molar-refractivity contribution in [3.05, 3.63) is 42.0 Å². The highest BCUT2D eigenvalue weighted by molar-refractivity contribution is 5.93. The highest BCUT2D eigenvalue weighted by Crippen LogP contribution is 2.27. The van der Waals surface area contributed by atoms with Gasteiger partial charge in [-0.05, 0) is 58.2 Å². The first kappa shape index (κ1) is 28.7. The van der Waals surface area contributed by atoms with Crippen molar-refractivity contribution in [1.82, 2.24) is 15.5 Å². The van der Waals surface area contributed by atoms with E-state index in [2.05, 4.69) is 21.9 Å². The monoisotopic (exact) mass is 475 g/mol. The molecule has 1 rings (SSSR count). The second-order valence-corrected chi connectivity index (χ2v) is 8.94. The van der Waals surface area contributed by atoms with Crippen LogP contribution < -0.4 is 10.6 Å². The van der Waals surface area contributed by atoms with Gasteiger partial charge in [-0.1, -0.05) is 37.8 Å². The molecule has 34 heavy (non-hydrogen) atoms. The summed E-state index contributed by atoms with van der Waals surface area (Å²) < 4.78 is 9.87. The molecule has 3 unspecified atom stereocenters. The molecule has 1 aromatic rings. The lowest BCUT2D eigenvalue weighted by atomic mass is 9.98. The molecule has 9 heteroatoms. The number of nitrogens with zero attached hydrogens (tertiary/aromatic N) is 1. The van der Waals surface area contributed by atoms with Crippen LogP contribution in [0.4, 0.5) is 4.79 Å². The van der Waals surface area contributed by atoms with E-state index in [4.69, 9.17) is 4.74 Å². The number of benzene rings is 1. The molecule has 0 aliphatic heterocycles. The molecule has 188 valence electrons. The maximum absolute atomic E-state index is 13.6. The number of methoxy groups -OCH3 is 1. The SMILES string of the molecule is C=Cc1cccc(C(C(=O)NCC(=O)OC)N(C(=O)C(C)NC(=O)OC(C)(C)C)C(C)CC)c1. The summed E-state index contributed by atoms with van der Waals surface area (Å²) >= 11 is 0. The number of esters is 1. The summed E-state index contributed by atoms with van der Waals surface area (Å²) in [6.07, 6.45) is 1.44. The Balaban J connectivity index is 3.39. The molecule has 9 nitrogen and oxygen atoms in total. The Morgan fingerprint density at radius 2 is 1.82 bits per heavy atom. The topological polar surface area (TPSA) is 114 Å². The van der Waals surface area contributed by atoms with Gasteiger partial charge in [-0.3, -0.25) is 14.4 Å². The maximum Gasteiger partial charge on any atom is 0.408 e. The number of amides is 3. The zero-order valence-electron chi connectivity index (χ0n) is 21.1. The zero-order valence-corrected chi connectivity index (χ0v) is 21.1. The highest BCUT2D eigenvalue weighted by Gasteiger charge is 2.37. The molecule has 0 aliphatic carbocycles. The Hall–Kier alpha value is -3.36. The lowest BCUT2D eigenvalue weighted by molar-refractivity contribution is -0.146. The third kappa shape index (κ3) is 8.53. The fourth-order valence-electron chi connectivity index (χ4n) is 3.19. The lowest BCUT2D eigenvalue weighted by Crippen LogP contribution is -2.54. The van der Waals surface area contributed by atoms with Crippen molar-refractivity contribution < 1.29 is 28.7 Å². The quantitative estimate of drug-likeness (QED) is 0.503. The fraction of sp³-hybridized carbons (Fsp3) is 0.520. The molecular weight excluding hydrogens is 438 g/mol. The van der Waals surface area contributed by atoms with E-state index in [1.165, 1.54) is 18.9 Å². The molecule has 2 N–H and O–H groups in total. The summed E-state index contributed by atoms with van der Waals surface area (Å²) in [7, 11) is 1.22. The molecule has 0 radical (unpaired) electrons. The first-order valence-corrected chi connectivity index (χ1v) is 11.2. The largest absolute Gasteiger partial charge is 0.468 e. The third-order valence-corrected chi connectivity index (χ3v) is 5.05. The van der Waals surface area contributed by atoms with Gasteiger partial charge < -0.3 is 25.0 Å². The van der Waals surface area contributed by atoms with Gasteiger partial charge in [-0.25, -0.2) is 4.79 Å². The van der Waals surface area contributed by atoms with Crippen molar-refractivity contribution in [2.45, 2.75) is 71.7 Å². The first-order chi connectivity index (χ1) is 15.8. The van der Waals surface area contributed by atoms with E-state index >= 15 is 0 Å². The number of carbonyl (C=O) groups excluding carboxylic acids is 4. The van der Waals surface area contributed by atoms with E-state index in [0.717, 1.165) is 5.56 Å². The molecule has 0 saturated heterocycles. The fourth-order valence-corrected chi connectivity index (χ4v) is 3.19. The standard InChI is InChI=1S/C25H37N3O6/c1-9-16(3)28(23(31)17(4)27-24(32)34-25(5,6)7)21(22(30)26-15-20(29)33-8)19-13-11-12-18(10-2)14-19/h10-14,16-17,21H,2,9,15H2,1,3-8H3,(H,26,30)(H,27,32). The highest BCUT2D eigenvalue weighted by atomic mass is 16.6. The van der Waals surface area contributed by atoms with Crippen LogP contribution in [0, 0.1) is 0 Å². The van der Waals surface area contributed by atoms with Crippen LogP contribution in [0.5, 0.6) is 0 Å². The second kappa shape index (κ2) is 12.8. The summed E-state index contributed by atoms with van der Waals surface area (Å²) in [5.41, 5.74) is 0.572. The Bertz CT molecular complexity index is 893. The van der Waals surface area contributed by atoms with E-state index in [1.54, 1.807) is 45.0 Å². The van der Waals surface area contributed by atoms with Crippen molar-refractivity contribution in [1.29, 1.82) is 0 Å². The van der Waals surface area contributed by atoms with Gasteiger partial charge in [0.15, 0.2) is 0 Å². The number of rotatable bonds is 10. The van der Waals surface area contributed by atoms with Crippen LogP contribution in [-0.4, -0.2) is 60.1 Å². The van der Waals surface area contributed by atoms with E-state index < -0.39 is 41.6 Å². The third-order valence-electron chi connectivity index (χ3n) is 5.05. The van der Waals surface area contributed by atoms with Gasteiger partial charge in [0.1, 0.15) is 24.2 Å². The van der Waals surface area contributed by atoms with Gasteiger partial charge in [0.05, 0.1) is 7.11 Å². The lowest BCUT2D eigenvalue weighted by Gasteiger charge is -2.37. The van der Waals surface area contributed by atoms with E-state index in [-0.39, 0.29) is 12.6 Å². The number of hydrogen-bond acceptors (Lipinski definition) is 6. The van der Waals surface area contributed by atoms with Crippen molar-refractivity contribution in [3.63, 3.8) is 0 Å². The van der Waals surface area contributed by atoms with Crippen LogP contribution in [0.1, 0.15) is 65.1 Å². The van der Waals surface area contributed by atoms with Crippen LogP contribution in [0.15, 0.2) is 30.8 Å². The number of alkyl carbamates (subject to hydrolysis) is 1. The molecule has 3 atom stereocenters. The van der Waals surface area contributed by atoms with Crippen LogP contribution in [-0.2, 0) is 23.9 Å². The molecule has 3 amide bonds. The Morgan fingerprint density at radius 3 is 2.35 bits per heavy atom. The van der Waals surface area contributed by atoms with E-state index in [0.29, 0.717) is 12.0 Å².